The highest BCUT2D eigenvalue weighted by molar-refractivity contribution is 7.99. The van der Waals surface area contributed by atoms with Gasteiger partial charge in [0, 0.05) is 17.0 Å². The smallest absolute Gasteiger partial charge is 0.236 e. The van der Waals surface area contributed by atoms with E-state index in [2.05, 4.69) is 26.6 Å². The van der Waals surface area contributed by atoms with Crippen LogP contribution in [0, 0.1) is 20.8 Å². The number of anilines is 1. The van der Waals surface area contributed by atoms with E-state index in [0.29, 0.717) is 23.4 Å². The van der Waals surface area contributed by atoms with Crippen LogP contribution in [0.3, 0.4) is 0 Å². The molecule has 2 aromatic carbocycles. The van der Waals surface area contributed by atoms with Gasteiger partial charge in [-0.2, -0.15) is 0 Å². The number of thiazole rings is 1. The van der Waals surface area contributed by atoms with Crippen molar-refractivity contribution >= 4 is 34.1 Å². The second-order valence-corrected chi connectivity index (χ2v) is 10.0. The molecule has 2 aromatic heterocycles. The van der Waals surface area contributed by atoms with Gasteiger partial charge in [0.1, 0.15) is 12.4 Å². The quantitative estimate of drug-likeness (QED) is 0.303. The number of aryl methyl sites for hydroxylation is 3. The lowest BCUT2D eigenvalue weighted by Gasteiger charge is -2.10. The SMILES string of the molecule is CCn1c(COc2cc(C)cc(C)c2)nnc1SCC(=O)Nc1nc(-c2ccccc2)c(C)s1. The van der Waals surface area contributed by atoms with E-state index in [-0.39, 0.29) is 11.7 Å². The lowest BCUT2D eigenvalue weighted by Crippen LogP contribution is -2.14. The van der Waals surface area contributed by atoms with Gasteiger partial charge < -0.3 is 14.6 Å². The van der Waals surface area contributed by atoms with E-state index in [1.165, 1.54) is 23.1 Å². The molecule has 0 saturated carbocycles. The lowest BCUT2D eigenvalue weighted by molar-refractivity contribution is -0.113. The maximum Gasteiger partial charge on any atom is 0.236 e. The van der Waals surface area contributed by atoms with E-state index in [1.807, 2.05) is 74.7 Å². The van der Waals surface area contributed by atoms with Crippen LogP contribution in [0.5, 0.6) is 5.75 Å². The number of hydrogen-bond donors (Lipinski definition) is 1. The Morgan fingerprint density at radius 3 is 2.53 bits per heavy atom. The molecule has 0 fully saturated rings. The van der Waals surface area contributed by atoms with Gasteiger partial charge >= 0.3 is 0 Å². The minimum atomic E-state index is -0.128. The summed E-state index contributed by atoms with van der Waals surface area (Å²) in [4.78, 5) is 18.2. The van der Waals surface area contributed by atoms with Crippen LogP contribution in [0.2, 0.25) is 0 Å². The summed E-state index contributed by atoms with van der Waals surface area (Å²) < 4.78 is 7.92. The normalized spacial score (nSPS) is 10.9. The van der Waals surface area contributed by atoms with Gasteiger partial charge in [-0.3, -0.25) is 4.79 Å². The zero-order chi connectivity index (χ0) is 24.1. The Morgan fingerprint density at radius 2 is 1.82 bits per heavy atom. The molecule has 34 heavy (non-hydrogen) atoms. The first-order chi connectivity index (χ1) is 16.4. The molecule has 0 radical (unpaired) electrons. The summed E-state index contributed by atoms with van der Waals surface area (Å²) in [5.74, 6) is 1.63. The van der Waals surface area contributed by atoms with Gasteiger partial charge in [0.25, 0.3) is 0 Å². The van der Waals surface area contributed by atoms with Crippen molar-refractivity contribution in [3.05, 3.63) is 70.4 Å². The van der Waals surface area contributed by atoms with E-state index >= 15 is 0 Å². The summed E-state index contributed by atoms with van der Waals surface area (Å²) in [5.41, 5.74) is 4.24. The minimum Gasteiger partial charge on any atom is -0.486 e. The maximum absolute atomic E-state index is 12.6. The number of nitrogens with zero attached hydrogens (tertiary/aromatic N) is 4. The molecule has 0 unspecified atom stereocenters. The Labute approximate surface area is 207 Å². The Kier molecular flexibility index (Phi) is 7.64. The molecule has 0 bridgehead atoms. The highest BCUT2D eigenvalue weighted by Crippen LogP contribution is 2.30. The van der Waals surface area contributed by atoms with Crippen LogP contribution >= 0.6 is 23.1 Å². The highest BCUT2D eigenvalue weighted by atomic mass is 32.2. The van der Waals surface area contributed by atoms with Crippen molar-refractivity contribution in [2.75, 3.05) is 11.1 Å². The van der Waals surface area contributed by atoms with Crippen molar-refractivity contribution in [1.29, 1.82) is 0 Å². The molecule has 0 saturated heterocycles. The zero-order valence-electron chi connectivity index (χ0n) is 19.7. The first kappa shape index (κ1) is 24.0. The second kappa shape index (κ2) is 10.8. The number of thioether (sulfide) groups is 1. The average Bonchev–Trinajstić information content (AvgIpc) is 3.38. The fraction of sp³-hybridized carbons (Fsp3) is 0.280. The Balaban J connectivity index is 1.35. The van der Waals surface area contributed by atoms with Gasteiger partial charge in [-0.1, -0.05) is 48.2 Å². The predicted molar refractivity (Wildman–Crippen MR) is 138 cm³/mol. The molecular formula is C25H27N5O2S2. The average molecular weight is 494 g/mol. The van der Waals surface area contributed by atoms with Gasteiger partial charge in [-0.25, -0.2) is 4.98 Å². The number of carbonyl (C=O) groups is 1. The van der Waals surface area contributed by atoms with Crippen molar-refractivity contribution < 1.29 is 9.53 Å². The molecule has 2 heterocycles. The molecule has 4 rings (SSSR count). The monoisotopic (exact) mass is 493 g/mol. The first-order valence-corrected chi connectivity index (χ1v) is 12.8. The molecule has 0 aliphatic rings. The highest BCUT2D eigenvalue weighted by Gasteiger charge is 2.16. The molecule has 0 spiro atoms. The number of hydrogen-bond acceptors (Lipinski definition) is 7. The Morgan fingerprint density at radius 1 is 1.09 bits per heavy atom. The van der Waals surface area contributed by atoms with Crippen LogP contribution in [0.25, 0.3) is 11.3 Å². The number of rotatable bonds is 9. The van der Waals surface area contributed by atoms with Crippen LogP contribution in [0.15, 0.2) is 53.7 Å². The molecule has 0 aliphatic heterocycles. The minimum absolute atomic E-state index is 0.128. The van der Waals surface area contributed by atoms with E-state index in [4.69, 9.17) is 4.74 Å². The number of amides is 1. The summed E-state index contributed by atoms with van der Waals surface area (Å²) in [6.07, 6.45) is 0. The number of aromatic nitrogens is 4. The van der Waals surface area contributed by atoms with Crippen molar-refractivity contribution in [2.45, 2.75) is 46.0 Å². The fourth-order valence-corrected chi connectivity index (χ4v) is 5.29. The molecule has 0 atom stereocenters. The van der Waals surface area contributed by atoms with E-state index in [9.17, 15) is 4.79 Å². The fourth-order valence-electron chi connectivity index (χ4n) is 3.61. The standard InChI is InChI=1S/C25H27N5O2S2/c1-5-30-21(14-32-20-12-16(2)11-17(3)13-20)28-29-25(30)33-15-22(31)26-24-27-23(18(4)34-24)19-9-7-6-8-10-19/h6-13H,5,14-15H2,1-4H3,(H,26,27,31). The molecule has 1 N–H and O–H groups in total. The van der Waals surface area contributed by atoms with E-state index in [0.717, 1.165) is 38.8 Å². The van der Waals surface area contributed by atoms with E-state index < -0.39 is 0 Å². The van der Waals surface area contributed by atoms with Gasteiger partial charge in [0.05, 0.1) is 11.4 Å². The molecule has 7 nitrogen and oxygen atoms in total. The van der Waals surface area contributed by atoms with Crippen molar-refractivity contribution in [3.63, 3.8) is 0 Å². The van der Waals surface area contributed by atoms with Crippen molar-refractivity contribution in [1.82, 2.24) is 19.7 Å². The number of benzene rings is 2. The molecule has 9 heteroatoms. The molecule has 0 aliphatic carbocycles. The number of carbonyl (C=O) groups excluding carboxylic acids is 1. The molecule has 4 aromatic rings. The predicted octanol–water partition coefficient (Wildman–Crippen LogP) is 5.66. The third-order valence-corrected chi connectivity index (χ3v) is 6.95. The molecule has 1 amide bonds. The van der Waals surface area contributed by atoms with Crippen molar-refractivity contribution in [3.8, 4) is 17.0 Å². The van der Waals surface area contributed by atoms with Gasteiger partial charge in [-0.05, 0) is 51.0 Å². The molecular weight excluding hydrogens is 466 g/mol. The third-order valence-electron chi connectivity index (χ3n) is 5.10. The number of nitrogens with one attached hydrogen (secondary N) is 1. The lowest BCUT2D eigenvalue weighted by atomic mass is 10.1. The largest absolute Gasteiger partial charge is 0.486 e. The van der Waals surface area contributed by atoms with Crippen LogP contribution in [-0.2, 0) is 17.9 Å². The molecule has 176 valence electrons. The van der Waals surface area contributed by atoms with Gasteiger partial charge in [0.2, 0.25) is 5.91 Å². The summed E-state index contributed by atoms with van der Waals surface area (Å²) in [6, 6.07) is 16.1. The topological polar surface area (TPSA) is 81.9 Å². The Bertz CT molecular complexity index is 1260. The van der Waals surface area contributed by atoms with Crippen LogP contribution in [-0.4, -0.2) is 31.4 Å². The van der Waals surface area contributed by atoms with Gasteiger partial charge in [0.15, 0.2) is 16.1 Å². The summed E-state index contributed by atoms with van der Waals surface area (Å²) in [6.45, 7) is 9.13. The summed E-state index contributed by atoms with van der Waals surface area (Å²) in [7, 11) is 0. The van der Waals surface area contributed by atoms with Crippen molar-refractivity contribution in [2.24, 2.45) is 0 Å². The summed E-state index contributed by atoms with van der Waals surface area (Å²) >= 11 is 2.83. The summed E-state index contributed by atoms with van der Waals surface area (Å²) in [5, 5.41) is 12.8. The Hall–Kier alpha value is -3.17. The number of ether oxygens (including phenoxy) is 1. The third kappa shape index (κ3) is 5.84. The van der Waals surface area contributed by atoms with Crippen LogP contribution < -0.4 is 10.1 Å². The zero-order valence-corrected chi connectivity index (χ0v) is 21.3. The van der Waals surface area contributed by atoms with Crippen LogP contribution in [0.1, 0.15) is 28.8 Å². The second-order valence-electron chi connectivity index (χ2n) is 7.88. The maximum atomic E-state index is 12.6. The van der Waals surface area contributed by atoms with E-state index in [1.54, 1.807) is 0 Å². The first-order valence-electron chi connectivity index (χ1n) is 11.0. The van der Waals surface area contributed by atoms with Gasteiger partial charge in [-0.15, -0.1) is 21.5 Å². The van der Waals surface area contributed by atoms with Crippen LogP contribution in [0.4, 0.5) is 5.13 Å².